The molecule has 122 valence electrons. The zero-order valence-corrected chi connectivity index (χ0v) is 14.8. The van der Waals surface area contributed by atoms with E-state index >= 15 is 0 Å². The highest BCUT2D eigenvalue weighted by Crippen LogP contribution is 2.39. The van der Waals surface area contributed by atoms with E-state index in [9.17, 15) is 0 Å². The van der Waals surface area contributed by atoms with Crippen molar-refractivity contribution in [2.24, 2.45) is 5.41 Å². The molecule has 0 amide bonds. The van der Waals surface area contributed by atoms with Gasteiger partial charge in [0.05, 0.1) is 0 Å². The molecule has 3 heteroatoms. The monoisotopic (exact) mass is 317 g/mol. The average molecular weight is 317 g/mol. The SMILES string of the molecule is CN(C)c1ccc(C=CC2=CC(=C(C#N)C#N)CC(C)(C)C2)cc1. The largest absolute Gasteiger partial charge is 0.378 e. The molecule has 1 aliphatic rings. The first-order chi connectivity index (χ1) is 11.3. The van der Waals surface area contributed by atoms with Crippen molar-refractivity contribution in [3.8, 4) is 12.1 Å². The van der Waals surface area contributed by atoms with Crippen molar-refractivity contribution < 1.29 is 0 Å². The van der Waals surface area contributed by atoms with Crippen molar-refractivity contribution >= 4 is 11.8 Å². The highest BCUT2D eigenvalue weighted by Gasteiger charge is 2.26. The van der Waals surface area contributed by atoms with Crippen LogP contribution in [0.1, 0.15) is 32.3 Å². The highest BCUT2D eigenvalue weighted by atomic mass is 15.1. The summed E-state index contributed by atoms with van der Waals surface area (Å²) in [4.78, 5) is 2.07. The molecule has 0 bridgehead atoms. The van der Waals surface area contributed by atoms with E-state index in [4.69, 9.17) is 10.5 Å². The number of anilines is 1. The molecule has 1 aromatic carbocycles. The maximum atomic E-state index is 9.13. The molecule has 0 aromatic heterocycles. The lowest BCUT2D eigenvalue weighted by Crippen LogP contribution is -2.17. The minimum atomic E-state index is 0.0531. The zero-order valence-electron chi connectivity index (χ0n) is 14.8. The minimum absolute atomic E-state index is 0.0531. The second-order valence-electron chi connectivity index (χ2n) is 7.18. The van der Waals surface area contributed by atoms with Crippen molar-refractivity contribution in [2.45, 2.75) is 26.7 Å². The standard InChI is InChI=1S/C21H23N3/c1-21(2)12-17(11-18(13-21)19(14-22)15-23)6-5-16-7-9-20(10-8-16)24(3)4/h5-11H,12-13H2,1-4H3. The Bertz CT molecular complexity index is 760. The molecule has 1 aromatic rings. The Morgan fingerprint density at radius 3 is 2.21 bits per heavy atom. The van der Waals surface area contributed by atoms with Crippen LogP contribution in [0.4, 0.5) is 5.69 Å². The van der Waals surface area contributed by atoms with E-state index in [1.807, 2.05) is 32.3 Å². The van der Waals surface area contributed by atoms with Gasteiger partial charge in [0.1, 0.15) is 17.7 Å². The summed E-state index contributed by atoms with van der Waals surface area (Å²) in [6.07, 6.45) is 7.88. The number of rotatable bonds is 3. The van der Waals surface area contributed by atoms with Crippen LogP contribution < -0.4 is 4.90 Å². The number of hydrogen-bond acceptors (Lipinski definition) is 3. The molecule has 0 spiro atoms. The van der Waals surface area contributed by atoms with Crippen LogP contribution in [0.25, 0.3) is 6.08 Å². The fourth-order valence-corrected chi connectivity index (χ4v) is 2.98. The van der Waals surface area contributed by atoms with Crippen molar-refractivity contribution in [1.29, 1.82) is 10.5 Å². The summed E-state index contributed by atoms with van der Waals surface area (Å²) in [5.74, 6) is 0. The van der Waals surface area contributed by atoms with Crippen molar-refractivity contribution in [3.63, 3.8) is 0 Å². The number of hydrogen-bond donors (Lipinski definition) is 0. The van der Waals surface area contributed by atoms with Crippen LogP contribution in [0.15, 0.2) is 53.1 Å². The molecule has 0 atom stereocenters. The maximum absolute atomic E-state index is 9.13. The third kappa shape index (κ3) is 4.37. The summed E-state index contributed by atoms with van der Waals surface area (Å²) in [5.41, 5.74) is 4.58. The molecular formula is C21H23N3. The number of benzene rings is 1. The lowest BCUT2D eigenvalue weighted by Gasteiger charge is -2.30. The fourth-order valence-electron chi connectivity index (χ4n) is 2.98. The quantitative estimate of drug-likeness (QED) is 0.748. The molecule has 3 nitrogen and oxygen atoms in total. The summed E-state index contributed by atoms with van der Waals surface area (Å²) in [7, 11) is 4.05. The first kappa shape index (κ1) is 17.6. The summed E-state index contributed by atoms with van der Waals surface area (Å²) in [6, 6.07) is 12.4. The maximum Gasteiger partial charge on any atom is 0.132 e. The number of nitriles is 2. The summed E-state index contributed by atoms with van der Waals surface area (Å²) in [6.45, 7) is 4.35. The van der Waals surface area contributed by atoms with Crippen LogP contribution in [-0.4, -0.2) is 14.1 Å². The van der Waals surface area contributed by atoms with Gasteiger partial charge in [-0.05, 0) is 47.1 Å². The van der Waals surface area contributed by atoms with Gasteiger partial charge in [-0.25, -0.2) is 0 Å². The molecule has 24 heavy (non-hydrogen) atoms. The van der Waals surface area contributed by atoms with Gasteiger partial charge in [-0.1, -0.05) is 44.2 Å². The van der Waals surface area contributed by atoms with E-state index in [2.05, 4.69) is 55.2 Å². The van der Waals surface area contributed by atoms with E-state index in [0.29, 0.717) is 0 Å². The lowest BCUT2D eigenvalue weighted by molar-refractivity contribution is 0.354. The predicted octanol–water partition coefficient (Wildman–Crippen LogP) is 4.86. The minimum Gasteiger partial charge on any atom is -0.378 e. The van der Waals surface area contributed by atoms with E-state index < -0.39 is 0 Å². The van der Waals surface area contributed by atoms with Crippen LogP contribution in [0, 0.1) is 28.1 Å². The highest BCUT2D eigenvalue weighted by molar-refractivity contribution is 5.59. The Labute approximate surface area is 144 Å². The van der Waals surface area contributed by atoms with Crippen LogP contribution in [0.2, 0.25) is 0 Å². The van der Waals surface area contributed by atoms with E-state index in [0.717, 1.165) is 29.6 Å². The third-order valence-electron chi connectivity index (χ3n) is 4.16. The van der Waals surface area contributed by atoms with Gasteiger partial charge < -0.3 is 4.90 Å². The summed E-state index contributed by atoms with van der Waals surface area (Å²) < 4.78 is 0. The molecule has 0 heterocycles. The van der Waals surface area contributed by atoms with Crippen molar-refractivity contribution in [2.75, 3.05) is 19.0 Å². The molecule has 0 N–H and O–H groups in total. The number of nitrogens with zero attached hydrogens (tertiary/aromatic N) is 3. The molecule has 0 radical (unpaired) electrons. The fraction of sp³-hybridized carbons (Fsp3) is 0.333. The van der Waals surface area contributed by atoms with Gasteiger partial charge >= 0.3 is 0 Å². The van der Waals surface area contributed by atoms with Gasteiger partial charge in [0, 0.05) is 19.8 Å². The van der Waals surface area contributed by atoms with Gasteiger partial charge in [-0.3, -0.25) is 0 Å². The van der Waals surface area contributed by atoms with Gasteiger partial charge in [0.15, 0.2) is 0 Å². The topological polar surface area (TPSA) is 50.8 Å². The van der Waals surface area contributed by atoms with Gasteiger partial charge in [0.2, 0.25) is 0 Å². The molecule has 0 aliphatic heterocycles. The Hall–Kier alpha value is -2.78. The van der Waals surface area contributed by atoms with Crippen molar-refractivity contribution in [1.82, 2.24) is 0 Å². The molecular weight excluding hydrogens is 294 g/mol. The number of allylic oxidation sites excluding steroid dienone is 5. The predicted molar refractivity (Wildman–Crippen MR) is 99.2 cm³/mol. The summed E-state index contributed by atoms with van der Waals surface area (Å²) >= 11 is 0. The molecule has 1 aliphatic carbocycles. The van der Waals surface area contributed by atoms with E-state index in [1.54, 1.807) is 0 Å². The van der Waals surface area contributed by atoms with E-state index in [1.165, 1.54) is 5.69 Å². The van der Waals surface area contributed by atoms with Crippen molar-refractivity contribution in [3.05, 3.63) is 58.7 Å². The van der Waals surface area contributed by atoms with Crippen LogP contribution >= 0.6 is 0 Å². The second-order valence-corrected chi connectivity index (χ2v) is 7.18. The smallest absolute Gasteiger partial charge is 0.132 e. The molecule has 0 unspecified atom stereocenters. The molecule has 2 rings (SSSR count). The second kappa shape index (κ2) is 7.20. The van der Waals surface area contributed by atoms with Gasteiger partial charge in [-0.2, -0.15) is 10.5 Å². The van der Waals surface area contributed by atoms with Crippen LogP contribution in [0.5, 0.6) is 0 Å². The average Bonchev–Trinajstić information content (AvgIpc) is 2.53. The Balaban J connectivity index is 2.28. The molecule has 0 fully saturated rings. The Kier molecular flexibility index (Phi) is 5.27. The van der Waals surface area contributed by atoms with Crippen LogP contribution in [0.3, 0.4) is 0 Å². The van der Waals surface area contributed by atoms with Gasteiger partial charge in [0.25, 0.3) is 0 Å². The third-order valence-corrected chi connectivity index (χ3v) is 4.16. The first-order valence-electron chi connectivity index (χ1n) is 8.04. The molecule has 0 saturated heterocycles. The molecule has 0 saturated carbocycles. The zero-order chi connectivity index (χ0) is 17.7. The Morgan fingerprint density at radius 1 is 1.04 bits per heavy atom. The van der Waals surface area contributed by atoms with E-state index in [-0.39, 0.29) is 11.0 Å². The van der Waals surface area contributed by atoms with Crippen LogP contribution in [-0.2, 0) is 0 Å². The lowest BCUT2D eigenvalue weighted by atomic mass is 9.74. The summed E-state index contributed by atoms with van der Waals surface area (Å²) in [5, 5.41) is 18.3. The first-order valence-corrected chi connectivity index (χ1v) is 8.04. The Morgan fingerprint density at radius 2 is 1.67 bits per heavy atom. The normalized spacial score (nSPS) is 16.2. The van der Waals surface area contributed by atoms with Gasteiger partial charge in [-0.15, -0.1) is 0 Å².